The molecule has 0 aliphatic rings. The smallest absolute Gasteiger partial charge is 0.0992 e. The fourth-order valence-electron chi connectivity index (χ4n) is 2.13. The fourth-order valence-corrected chi connectivity index (χ4v) is 2.13. The van der Waals surface area contributed by atoms with Gasteiger partial charge in [0.1, 0.15) is 0 Å². The van der Waals surface area contributed by atoms with Gasteiger partial charge in [0.05, 0.1) is 23.0 Å². The zero-order chi connectivity index (χ0) is 14.4. The molecule has 2 aromatic rings. The van der Waals surface area contributed by atoms with Gasteiger partial charge in [-0.05, 0) is 43.5 Å². The van der Waals surface area contributed by atoms with Crippen LogP contribution in [0.3, 0.4) is 0 Å². The Morgan fingerprint density at radius 1 is 1.20 bits per heavy atom. The highest BCUT2D eigenvalue weighted by atomic mass is 14.9. The predicted molar refractivity (Wildman–Crippen MR) is 83.4 cm³/mol. The van der Waals surface area contributed by atoms with Gasteiger partial charge in [-0.25, -0.2) is 0 Å². The van der Waals surface area contributed by atoms with Gasteiger partial charge < -0.3 is 11.1 Å². The molecule has 102 valence electrons. The van der Waals surface area contributed by atoms with Crippen molar-refractivity contribution >= 4 is 11.4 Å². The Morgan fingerprint density at radius 3 is 2.60 bits per heavy atom. The number of hydrogen-bond donors (Lipinski definition) is 2. The van der Waals surface area contributed by atoms with Crippen LogP contribution in [0.15, 0.2) is 48.5 Å². The average molecular weight is 265 g/mol. The van der Waals surface area contributed by atoms with E-state index >= 15 is 0 Å². The second-order valence-electron chi connectivity index (χ2n) is 4.98. The molecular weight excluding hydrogens is 246 g/mol. The van der Waals surface area contributed by atoms with Gasteiger partial charge in [-0.1, -0.05) is 30.3 Å². The van der Waals surface area contributed by atoms with E-state index in [9.17, 15) is 0 Å². The first-order valence-corrected chi connectivity index (χ1v) is 6.79. The van der Waals surface area contributed by atoms with Gasteiger partial charge in [-0.3, -0.25) is 0 Å². The van der Waals surface area contributed by atoms with E-state index in [1.165, 1.54) is 5.56 Å². The number of nitrogens with one attached hydrogen (secondary N) is 1. The Labute approximate surface area is 120 Å². The lowest BCUT2D eigenvalue weighted by Crippen LogP contribution is -2.17. The van der Waals surface area contributed by atoms with Crippen molar-refractivity contribution < 1.29 is 0 Å². The summed E-state index contributed by atoms with van der Waals surface area (Å²) in [4.78, 5) is 0. The Kier molecular flexibility index (Phi) is 4.62. The summed E-state index contributed by atoms with van der Waals surface area (Å²) >= 11 is 0. The molecule has 20 heavy (non-hydrogen) atoms. The summed E-state index contributed by atoms with van der Waals surface area (Å²) in [6.45, 7) is 2.14. The first kappa shape index (κ1) is 14.0. The highest BCUT2D eigenvalue weighted by molar-refractivity contribution is 5.68. The lowest BCUT2D eigenvalue weighted by molar-refractivity contribution is 0.706. The third-order valence-corrected chi connectivity index (χ3v) is 3.29. The third kappa shape index (κ3) is 3.76. The molecule has 3 nitrogen and oxygen atoms in total. The van der Waals surface area contributed by atoms with E-state index in [2.05, 4.69) is 42.6 Å². The molecule has 0 saturated carbocycles. The summed E-state index contributed by atoms with van der Waals surface area (Å²) in [5.74, 6) is 0. The standard InChI is InChI=1S/C17H19N3/c1-13(7-8-14-5-3-2-4-6-14)20-17-10-9-15(12-18)11-16(17)19/h2-6,9-11,13,20H,7-8,19H2,1H3/t13-/m1/s1. The number of aryl methyl sites for hydroxylation is 1. The van der Waals surface area contributed by atoms with E-state index < -0.39 is 0 Å². The predicted octanol–water partition coefficient (Wildman–Crippen LogP) is 3.57. The van der Waals surface area contributed by atoms with Crippen LogP contribution in [0, 0.1) is 11.3 Å². The molecule has 0 spiro atoms. The minimum atomic E-state index is 0.324. The number of nitrogens with two attached hydrogens (primary N) is 1. The van der Waals surface area contributed by atoms with Crippen molar-refractivity contribution in [1.82, 2.24) is 0 Å². The van der Waals surface area contributed by atoms with Crippen LogP contribution in [0.5, 0.6) is 0 Å². The summed E-state index contributed by atoms with van der Waals surface area (Å²) in [7, 11) is 0. The number of rotatable bonds is 5. The van der Waals surface area contributed by atoms with Crippen LogP contribution < -0.4 is 11.1 Å². The van der Waals surface area contributed by atoms with Crippen LogP contribution in [0.25, 0.3) is 0 Å². The van der Waals surface area contributed by atoms with Crippen molar-refractivity contribution in [2.75, 3.05) is 11.1 Å². The molecule has 1 atom stereocenters. The molecule has 0 heterocycles. The molecule has 2 aromatic carbocycles. The minimum absolute atomic E-state index is 0.324. The van der Waals surface area contributed by atoms with Crippen molar-refractivity contribution in [2.45, 2.75) is 25.8 Å². The SMILES string of the molecule is C[C@H](CCc1ccccc1)Nc1ccc(C#N)cc1N. The molecule has 0 aliphatic heterocycles. The van der Waals surface area contributed by atoms with Gasteiger partial charge >= 0.3 is 0 Å². The molecule has 0 aromatic heterocycles. The summed E-state index contributed by atoms with van der Waals surface area (Å²) in [6.07, 6.45) is 2.06. The van der Waals surface area contributed by atoms with Crippen LogP contribution in [-0.4, -0.2) is 6.04 Å². The minimum Gasteiger partial charge on any atom is -0.397 e. The van der Waals surface area contributed by atoms with Crippen LogP contribution >= 0.6 is 0 Å². The zero-order valence-corrected chi connectivity index (χ0v) is 11.6. The molecule has 3 N–H and O–H groups in total. The lowest BCUT2D eigenvalue weighted by atomic mass is 10.1. The van der Waals surface area contributed by atoms with Gasteiger partial charge in [0.2, 0.25) is 0 Å². The van der Waals surface area contributed by atoms with E-state index in [1.54, 1.807) is 12.1 Å². The molecular formula is C17H19N3. The normalized spacial score (nSPS) is 11.6. The van der Waals surface area contributed by atoms with Crippen molar-refractivity contribution in [3.05, 3.63) is 59.7 Å². The lowest BCUT2D eigenvalue weighted by Gasteiger charge is -2.17. The van der Waals surface area contributed by atoms with E-state index in [-0.39, 0.29) is 0 Å². The molecule has 0 bridgehead atoms. The molecule has 2 rings (SSSR count). The Morgan fingerprint density at radius 2 is 1.95 bits per heavy atom. The van der Waals surface area contributed by atoms with Crippen LogP contribution in [0.1, 0.15) is 24.5 Å². The number of nitrogens with zero attached hydrogens (tertiary/aromatic N) is 1. The highest BCUT2D eigenvalue weighted by Gasteiger charge is 2.06. The summed E-state index contributed by atoms with van der Waals surface area (Å²) in [6, 6.07) is 18.2. The van der Waals surface area contributed by atoms with Crippen molar-refractivity contribution in [3.8, 4) is 6.07 Å². The Hall–Kier alpha value is -2.47. The number of anilines is 2. The van der Waals surface area contributed by atoms with Gasteiger partial charge in [0, 0.05) is 6.04 Å². The number of hydrogen-bond acceptors (Lipinski definition) is 3. The maximum atomic E-state index is 8.82. The molecule has 0 aliphatic carbocycles. The van der Waals surface area contributed by atoms with E-state index in [0.29, 0.717) is 17.3 Å². The average Bonchev–Trinajstić information content (AvgIpc) is 2.48. The van der Waals surface area contributed by atoms with E-state index in [0.717, 1.165) is 18.5 Å². The van der Waals surface area contributed by atoms with Crippen molar-refractivity contribution in [2.24, 2.45) is 0 Å². The van der Waals surface area contributed by atoms with Gasteiger partial charge in [-0.2, -0.15) is 5.26 Å². The second kappa shape index (κ2) is 6.63. The quantitative estimate of drug-likeness (QED) is 0.812. The molecule has 0 fully saturated rings. The van der Waals surface area contributed by atoms with Crippen LogP contribution in [-0.2, 0) is 6.42 Å². The molecule has 0 amide bonds. The molecule has 3 heteroatoms. The van der Waals surface area contributed by atoms with Crippen LogP contribution in [0.4, 0.5) is 11.4 Å². The topological polar surface area (TPSA) is 61.8 Å². The summed E-state index contributed by atoms with van der Waals surface area (Å²) in [5.41, 5.74) is 9.38. The zero-order valence-electron chi connectivity index (χ0n) is 11.6. The van der Waals surface area contributed by atoms with Crippen LogP contribution in [0.2, 0.25) is 0 Å². The summed E-state index contributed by atoms with van der Waals surface area (Å²) in [5, 5.41) is 12.2. The Balaban J connectivity index is 1.91. The maximum absolute atomic E-state index is 8.82. The van der Waals surface area contributed by atoms with Gasteiger partial charge in [0.25, 0.3) is 0 Å². The highest BCUT2D eigenvalue weighted by Crippen LogP contribution is 2.21. The van der Waals surface area contributed by atoms with Gasteiger partial charge in [-0.15, -0.1) is 0 Å². The first-order chi connectivity index (χ1) is 9.69. The molecule has 0 unspecified atom stereocenters. The number of nitrogen functional groups attached to an aromatic ring is 1. The summed E-state index contributed by atoms with van der Waals surface area (Å²) < 4.78 is 0. The van der Waals surface area contributed by atoms with Crippen molar-refractivity contribution in [3.63, 3.8) is 0 Å². The third-order valence-electron chi connectivity index (χ3n) is 3.29. The fraction of sp³-hybridized carbons (Fsp3) is 0.235. The number of nitriles is 1. The van der Waals surface area contributed by atoms with E-state index in [4.69, 9.17) is 11.0 Å². The first-order valence-electron chi connectivity index (χ1n) is 6.79. The molecule has 0 radical (unpaired) electrons. The Bertz CT molecular complexity index is 599. The van der Waals surface area contributed by atoms with Crippen molar-refractivity contribution in [1.29, 1.82) is 5.26 Å². The maximum Gasteiger partial charge on any atom is 0.0992 e. The largest absolute Gasteiger partial charge is 0.397 e. The van der Waals surface area contributed by atoms with Gasteiger partial charge in [0.15, 0.2) is 0 Å². The van der Waals surface area contributed by atoms with E-state index in [1.807, 2.05) is 12.1 Å². The number of benzene rings is 2. The monoisotopic (exact) mass is 265 g/mol. The molecule has 0 saturated heterocycles. The second-order valence-corrected chi connectivity index (χ2v) is 4.98.